The summed E-state index contributed by atoms with van der Waals surface area (Å²) in [7, 11) is 0. The first-order valence-corrected chi connectivity index (χ1v) is 4.38. The Labute approximate surface area is 78.2 Å². The molecular weight excluding hydrogens is 164 g/mol. The monoisotopic (exact) mass is 178 g/mol. The van der Waals surface area contributed by atoms with Crippen LogP contribution in [-0.2, 0) is 16.8 Å². The molecule has 0 spiro atoms. The molecule has 2 heteroatoms. The number of hydrogen-bond acceptors (Lipinski definition) is 2. The predicted octanol–water partition coefficient (Wildman–Crippen LogP) is 1.66. The molecule has 0 saturated carbocycles. The molecule has 0 amide bonds. The fourth-order valence-electron chi connectivity index (χ4n) is 1.15. The Morgan fingerprint density at radius 3 is 2.31 bits per heavy atom. The van der Waals surface area contributed by atoms with E-state index in [0.717, 1.165) is 6.42 Å². The van der Waals surface area contributed by atoms with E-state index in [0.29, 0.717) is 11.8 Å². The molecule has 1 atom stereocenters. The highest BCUT2D eigenvalue weighted by atomic mass is 16.3. The average Bonchev–Trinajstić information content (AvgIpc) is 2.18. The molecule has 0 aliphatic carbocycles. The van der Waals surface area contributed by atoms with Gasteiger partial charge in [-0.15, -0.1) is 0 Å². The molecule has 0 aromatic heterocycles. The molecule has 1 rings (SSSR count). The van der Waals surface area contributed by atoms with Crippen molar-refractivity contribution in [3.05, 3.63) is 35.4 Å². The third-order valence-electron chi connectivity index (χ3n) is 2.18. The van der Waals surface area contributed by atoms with Crippen molar-refractivity contribution in [3.63, 3.8) is 0 Å². The number of hydrogen-bond donors (Lipinski definition) is 1. The molecule has 0 radical (unpaired) electrons. The number of carbonyl (C=O) groups excluding carboxylic acids is 1. The fraction of sp³-hybridized carbons (Fsp3) is 0.364. The van der Waals surface area contributed by atoms with Crippen molar-refractivity contribution in [3.8, 4) is 0 Å². The lowest BCUT2D eigenvalue weighted by molar-refractivity contribution is -0.123. The highest BCUT2D eigenvalue weighted by Crippen LogP contribution is 2.18. The van der Waals surface area contributed by atoms with Crippen molar-refractivity contribution in [2.24, 2.45) is 0 Å². The molecule has 0 aliphatic rings. The van der Waals surface area contributed by atoms with Crippen molar-refractivity contribution in [1.29, 1.82) is 0 Å². The molecular formula is C11H14O2. The minimum atomic E-state index is -1.35. The second-order valence-corrected chi connectivity index (χ2v) is 3.32. The Bertz CT molecular complexity index is 285. The summed E-state index contributed by atoms with van der Waals surface area (Å²) in [5.74, 6) is 0. The van der Waals surface area contributed by atoms with Gasteiger partial charge in [0.05, 0.1) is 0 Å². The zero-order valence-corrected chi connectivity index (χ0v) is 7.95. The van der Waals surface area contributed by atoms with E-state index in [2.05, 4.69) is 6.92 Å². The largest absolute Gasteiger partial charge is 0.378 e. The fourth-order valence-corrected chi connectivity index (χ4v) is 1.15. The van der Waals surface area contributed by atoms with Gasteiger partial charge in [-0.2, -0.15) is 0 Å². The van der Waals surface area contributed by atoms with Gasteiger partial charge in [-0.05, 0) is 24.5 Å². The highest BCUT2D eigenvalue weighted by Gasteiger charge is 2.21. The van der Waals surface area contributed by atoms with Crippen LogP contribution in [0, 0.1) is 0 Å². The molecule has 13 heavy (non-hydrogen) atoms. The normalized spacial score (nSPS) is 15.0. The number of rotatable bonds is 3. The van der Waals surface area contributed by atoms with E-state index in [1.165, 1.54) is 12.5 Å². The van der Waals surface area contributed by atoms with Crippen molar-refractivity contribution in [1.82, 2.24) is 0 Å². The third kappa shape index (κ3) is 2.16. The maximum atomic E-state index is 10.5. The molecule has 1 N–H and O–H groups in total. The molecule has 0 fully saturated rings. The Hall–Kier alpha value is -1.15. The standard InChI is InChI=1S/C11H14O2/c1-3-9-4-6-10(7-5-9)11(2,13)8-12/h4-8,13H,3H2,1-2H3. The Kier molecular flexibility index (Phi) is 2.83. The van der Waals surface area contributed by atoms with E-state index in [-0.39, 0.29) is 0 Å². The maximum Gasteiger partial charge on any atom is 0.155 e. The van der Waals surface area contributed by atoms with Crippen LogP contribution in [0.25, 0.3) is 0 Å². The first-order chi connectivity index (χ1) is 6.10. The van der Waals surface area contributed by atoms with Crippen LogP contribution in [0.2, 0.25) is 0 Å². The summed E-state index contributed by atoms with van der Waals surface area (Å²) in [5.41, 5.74) is 0.483. The van der Waals surface area contributed by atoms with Gasteiger partial charge in [0.25, 0.3) is 0 Å². The van der Waals surface area contributed by atoms with E-state index in [4.69, 9.17) is 0 Å². The van der Waals surface area contributed by atoms with Crippen LogP contribution in [0.15, 0.2) is 24.3 Å². The average molecular weight is 178 g/mol. The van der Waals surface area contributed by atoms with Gasteiger partial charge in [0.2, 0.25) is 0 Å². The van der Waals surface area contributed by atoms with Gasteiger partial charge in [0, 0.05) is 0 Å². The van der Waals surface area contributed by atoms with Crippen molar-refractivity contribution < 1.29 is 9.90 Å². The van der Waals surface area contributed by atoms with Crippen molar-refractivity contribution in [2.45, 2.75) is 25.9 Å². The molecule has 1 aromatic carbocycles. The van der Waals surface area contributed by atoms with Gasteiger partial charge < -0.3 is 5.11 Å². The van der Waals surface area contributed by atoms with Crippen LogP contribution in [0.3, 0.4) is 0 Å². The zero-order valence-electron chi connectivity index (χ0n) is 7.95. The topological polar surface area (TPSA) is 37.3 Å². The molecule has 1 aromatic rings. The van der Waals surface area contributed by atoms with Crippen LogP contribution in [0.4, 0.5) is 0 Å². The van der Waals surface area contributed by atoms with Gasteiger partial charge in [0.15, 0.2) is 6.29 Å². The van der Waals surface area contributed by atoms with E-state index >= 15 is 0 Å². The van der Waals surface area contributed by atoms with Crippen LogP contribution in [-0.4, -0.2) is 11.4 Å². The zero-order chi connectivity index (χ0) is 9.90. The third-order valence-corrected chi connectivity index (χ3v) is 2.18. The smallest absolute Gasteiger partial charge is 0.155 e. The van der Waals surface area contributed by atoms with E-state index in [1.807, 2.05) is 12.1 Å². The minimum Gasteiger partial charge on any atom is -0.378 e. The summed E-state index contributed by atoms with van der Waals surface area (Å²) >= 11 is 0. The first-order valence-electron chi connectivity index (χ1n) is 4.38. The first kappa shape index (κ1) is 9.93. The highest BCUT2D eigenvalue weighted by molar-refractivity contribution is 5.64. The molecule has 0 bridgehead atoms. The second kappa shape index (κ2) is 3.71. The maximum absolute atomic E-state index is 10.5. The van der Waals surface area contributed by atoms with Crippen molar-refractivity contribution >= 4 is 6.29 Å². The SMILES string of the molecule is CCc1ccc(C(C)(O)C=O)cc1. The summed E-state index contributed by atoms with van der Waals surface area (Å²) in [6.07, 6.45) is 1.51. The van der Waals surface area contributed by atoms with Crippen LogP contribution in [0.5, 0.6) is 0 Å². The Morgan fingerprint density at radius 1 is 1.38 bits per heavy atom. The van der Waals surface area contributed by atoms with Gasteiger partial charge >= 0.3 is 0 Å². The molecule has 70 valence electrons. The number of aliphatic hydroxyl groups is 1. The quantitative estimate of drug-likeness (QED) is 0.715. The summed E-state index contributed by atoms with van der Waals surface area (Å²) in [4.78, 5) is 10.5. The minimum absolute atomic E-state index is 0.550. The number of aryl methyl sites for hydroxylation is 1. The summed E-state index contributed by atoms with van der Waals surface area (Å²) in [5, 5.41) is 9.59. The predicted molar refractivity (Wildman–Crippen MR) is 51.5 cm³/mol. The number of carbonyl (C=O) groups is 1. The number of benzene rings is 1. The Balaban J connectivity index is 2.98. The summed E-state index contributed by atoms with van der Waals surface area (Å²) in [6, 6.07) is 7.42. The lowest BCUT2D eigenvalue weighted by Crippen LogP contribution is -2.22. The van der Waals surface area contributed by atoms with Gasteiger partial charge in [-0.1, -0.05) is 31.2 Å². The molecule has 0 aliphatic heterocycles. The van der Waals surface area contributed by atoms with Crippen LogP contribution >= 0.6 is 0 Å². The molecule has 2 nitrogen and oxygen atoms in total. The van der Waals surface area contributed by atoms with Gasteiger partial charge in [0.1, 0.15) is 5.60 Å². The van der Waals surface area contributed by atoms with E-state index in [9.17, 15) is 9.90 Å². The lowest BCUT2D eigenvalue weighted by atomic mass is 9.96. The Morgan fingerprint density at radius 2 is 1.92 bits per heavy atom. The second-order valence-electron chi connectivity index (χ2n) is 3.32. The molecule has 0 heterocycles. The van der Waals surface area contributed by atoms with Crippen LogP contribution in [0.1, 0.15) is 25.0 Å². The van der Waals surface area contributed by atoms with Crippen molar-refractivity contribution in [2.75, 3.05) is 0 Å². The van der Waals surface area contributed by atoms with E-state index in [1.54, 1.807) is 12.1 Å². The molecule has 0 saturated heterocycles. The number of aldehydes is 1. The molecule has 1 unspecified atom stereocenters. The van der Waals surface area contributed by atoms with Gasteiger partial charge in [-0.25, -0.2) is 0 Å². The summed E-state index contributed by atoms with van der Waals surface area (Å²) in [6.45, 7) is 3.55. The van der Waals surface area contributed by atoms with Crippen LogP contribution < -0.4 is 0 Å². The van der Waals surface area contributed by atoms with Gasteiger partial charge in [-0.3, -0.25) is 4.79 Å². The lowest BCUT2D eigenvalue weighted by Gasteiger charge is -2.16. The summed E-state index contributed by atoms with van der Waals surface area (Å²) < 4.78 is 0. The van der Waals surface area contributed by atoms with E-state index < -0.39 is 5.60 Å².